The fourth-order valence-corrected chi connectivity index (χ4v) is 1.77. The van der Waals surface area contributed by atoms with Crippen molar-refractivity contribution in [3.8, 4) is 0 Å². The first-order valence-electron chi connectivity index (χ1n) is 5.72. The molecular weight excluding hydrogens is 230 g/mol. The van der Waals surface area contributed by atoms with Crippen LogP contribution in [0.4, 0.5) is 13.6 Å². The van der Waals surface area contributed by atoms with Gasteiger partial charge in [0.2, 0.25) is 0 Å². The van der Waals surface area contributed by atoms with Crippen LogP contribution in [-0.2, 0) is 4.74 Å². The Kier molecular flexibility index (Phi) is 3.96. The van der Waals surface area contributed by atoms with Crippen molar-refractivity contribution in [1.29, 1.82) is 0 Å². The number of hydrogen-bond acceptors (Lipinski definition) is 3. The number of nitrogens with two attached hydrogens (primary N) is 1. The number of piperidine rings is 1. The average Bonchev–Trinajstić information content (AvgIpc) is 2.13. The van der Waals surface area contributed by atoms with Gasteiger partial charge < -0.3 is 10.5 Å². The molecule has 0 radical (unpaired) electrons. The van der Waals surface area contributed by atoms with Crippen molar-refractivity contribution in [2.75, 3.05) is 13.1 Å². The number of carbonyl (C=O) groups is 1. The Morgan fingerprint density at radius 3 is 2.59 bits per heavy atom. The molecule has 1 aliphatic heterocycles. The molecule has 1 fully saturated rings. The highest BCUT2D eigenvalue weighted by molar-refractivity contribution is 5.68. The predicted molar refractivity (Wildman–Crippen MR) is 60.0 cm³/mol. The van der Waals surface area contributed by atoms with Crippen LogP contribution in [0, 0.1) is 0 Å². The second-order valence-corrected chi connectivity index (χ2v) is 5.39. The summed E-state index contributed by atoms with van der Waals surface area (Å²) >= 11 is 0. The summed E-state index contributed by atoms with van der Waals surface area (Å²) in [4.78, 5) is 12.8. The SMILES string of the molecule is CC(C)(C)OC(=O)N1CC(F)(F)CCC1CN. The molecule has 4 nitrogen and oxygen atoms in total. The van der Waals surface area contributed by atoms with Gasteiger partial charge in [-0.15, -0.1) is 0 Å². The zero-order valence-electron chi connectivity index (χ0n) is 10.5. The molecule has 1 saturated heterocycles. The first kappa shape index (κ1) is 14.2. The molecule has 0 bridgehead atoms. The van der Waals surface area contributed by atoms with Gasteiger partial charge in [0.1, 0.15) is 5.60 Å². The summed E-state index contributed by atoms with van der Waals surface area (Å²) in [6, 6.07) is -0.357. The molecule has 100 valence electrons. The van der Waals surface area contributed by atoms with Crippen molar-refractivity contribution in [2.45, 2.75) is 51.2 Å². The lowest BCUT2D eigenvalue weighted by Gasteiger charge is -2.39. The number of carbonyl (C=O) groups excluding carboxylic acids is 1. The molecule has 2 N–H and O–H groups in total. The number of ether oxygens (including phenoxy) is 1. The van der Waals surface area contributed by atoms with E-state index in [1.165, 1.54) is 0 Å². The third-order valence-electron chi connectivity index (χ3n) is 2.59. The molecule has 0 aromatic heterocycles. The lowest BCUT2D eigenvalue weighted by Crippen LogP contribution is -2.55. The minimum atomic E-state index is -2.84. The summed E-state index contributed by atoms with van der Waals surface area (Å²) in [5.41, 5.74) is 4.80. The minimum Gasteiger partial charge on any atom is -0.444 e. The molecule has 1 amide bonds. The molecule has 0 aromatic carbocycles. The standard InChI is InChI=1S/C11H20F2N2O2/c1-10(2,3)17-9(16)15-7-11(12,13)5-4-8(15)6-14/h8H,4-7,14H2,1-3H3. The predicted octanol–water partition coefficient (Wildman–Crippen LogP) is 1.98. The Morgan fingerprint density at radius 2 is 2.12 bits per heavy atom. The largest absolute Gasteiger partial charge is 0.444 e. The van der Waals surface area contributed by atoms with Crippen LogP contribution in [0.15, 0.2) is 0 Å². The summed E-state index contributed by atoms with van der Waals surface area (Å²) in [5, 5.41) is 0. The Balaban J connectivity index is 2.73. The van der Waals surface area contributed by atoms with E-state index in [0.717, 1.165) is 4.90 Å². The molecule has 1 heterocycles. The lowest BCUT2D eigenvalue weighted by atomic mass is 10.00. The monoisotopic (exact) mass is 250 g/mol. The molecule has 1 aliphatic rings. The molecule has 0 aliphatic carbocycles. The zero-order chi connectivity index (χ0) is 13.3. The Morgan fingerprint density at radius 1 is 1.53 bits per heavy atom. The number of likely N-dealkylation sites (tertiary alicyclic amines) is 1. The Hall–Kier alpha value is -0.910. The minimum absolute atomic E-state index is 0.176. The first-order valence-corrected chi connectivity index (χ1v) is 5.72. The van der Waals surface area contributed by atoms with Crippen LogP contribution in [0.5, 0.6) is 0 Å². The molecule has 1 rings (SSSR count). The van der Waals surface area contributed by atoms with E-state index in [0.29, 0.717) is 0 Å². The first-order chi connectivity index (χ1) is 7.64. The second-order valence-electron chi connectivity index (χ2n) is 5.39. The summed E-state index contributed by atoms with van der Waals surface area (Å²) < 4.78 is 31.6. The number of nitrogens with zero attached hydrogens (tertiary/aromatic N) is 1. The van der Waals surface area contributed by atoms with E-state index in [4.69, 9.17) is 10.5 Å². The van der Waals surface area contributed by atoms with Crippen molar-refractivity contribution in [3.05, 3.63) is 0 Å². The van der Waals surface area contributed by atoms with Crippen molar-refractivity contribution in [2.24, 2.45) is 5.73 Å². The van der Waals surface area contributed by atoms with Gasteiger partial charge in [0.15, 0.2) is 0 Å². The van der Waals surface area contributed by atoms with Gasteiger partial charge in [-0.05, 0) is 27.2 Å². The van der Waals surface area contributed by atoms with E-state index in [9.17, 15) is 13.6 Å². The molecular formula is C11H20F2N2O2. The second kappa shape index (κ2) is 4.76. The van der Waals surface area contributed by atoms with Gasteiger partial charge in [0, 0.05) is 19.0 Å². The molecule has 17 heavy (non-hydrogen) atoms. The third kappa shape index (κ3) is 4.11. The quantitative estimate of drug-likeness (QED) is 0.774. The molecule has 6 heteroatoms. The van der Waals surface area contributed by atoms with E-state index < -0.39 is 24.2 Å². The van der Waals surface area contributed by atoms with Crippen molar-refractivity contribution >= 4 is 6.09 Å². The van der Waals surface area contributed by atoms with E-state index in [2.05, 4.69) is 0 Å². The van der Waals surface area contributed by atoms with Crippen LogP contribution < -0.4 is 5.73 Å². The van der Waals surface area contributed by atoms with Crippen LogP contribution in [0.3, 0.4) is 0 Å². The summed E-state index contributed by atoms with van der Waals surface area (Å²) in [7, 11) is 0. The summed E-state index contributed by atoms with van der Waals surface area (Å²) in [5.74, 6) is -2.84. The molecule has 0 saturated carbocycles. The fourth-order valence-electron chi connectivity index (χ4n) is 1.77. The Labute approximate surface area is 100 Å². The maximum atomic E-state index is 13.3. The zero-order valence-corrected chi connectivity index (χ0v) is 10.5. The highest BCUT2D eigenvalue weighted by Crippen LogP contribution is 2.30. The van der Waals surface area contributed by atoms with Gasteiger partial charge in [0.05, 0.1) is 6.54 Å². The van der Waals surface area contributed by atoms with E-state index in [-0.39, 0.29) is 25.4 Å². The van der Waals surface area contributed by atoms with Gasteiger partial charge in [-0.2, -0.15) is 0 Å². The molecule has 1 atom stereocenters. The number of hydrogen-bond donors (Lipinski definition) is 1. The van der Waals surface area contributed by atoms with Gasteiger partial charge in [-0.3, -0.25) is 4.90 Å². The molecule has 0 spiro atoms. The Bertz CT molecular complexity index is 290. The number of halogens is 2. The number of amides is 1. The number of rotatable bonds is 1. The summed E-state index contributed by atoms with van der Waals surface area (Å²) in [6.07, 6.45) is -0.732. The van der Waals surface area contributed by atoms with Crippen molar-refractivity contribution in [1.82, 2.24) is 4.90 Å². The highest BCUT2D eigenvalue weighted by Gasteiger charge is 2.42. The van der Waals surface area contributed by atoms with Crippen LogP contribution in [0.25, 0.3) is 0 Å². The van der Waals surface area contributed by atoms with E-state index >= 15 is 0 Å². The number of alkyl halides is 2. The smallest absolute Gasteiger partial charge is 0.410 e. The van der Waals surface area contributed by atoms with Gasteiger partial charge >= 0.3 is 6.09 Å². The average molecular weight is 250 g/mol. The van der Waals surface area contributed by atoms with E-state index in [1.54, 1.807) is 20.8 Å². The molecule has 1 unspecified atom stereocenters. The van der Waals surface area contributed by atoms with Gasteiger partial charge in [-0.25, -0.2) is 13.6 Å². The van der Waals surface area contributed by atoms with Crippen molar-refractivity contribution < 1.29 is 18.3 Å². The van der Waals surface area contributed by atoms with Gasteiger partial charge in [-0.1, -0.05) is 0 Å². The maximum absolute atomic E-state index is 13.3. The lowest BCUT2D eigenvalue weighted by molar-refractivity contribution is -0.0839. The van der Waals surface area contributed by atoms with E-state index in [1.807, 2.05) is 0 Å². The third-order valence-corrected chi connectivity index (χ3v) is 2.59. The fraction of sp³-hybridized carbons (Fsp3) is 0.909. The summed E-state index contributed by atoms with van der Waals surface area (Å²) in [6.45, 7) is 4.67. The van der Waals surface area contributed by atoms with Crippen LogP contribution in [0.1, 0.15) is 33.6 Å². The topological polar surface area (TPSA) is 55.6 Å². The molecule has 0 aromatic rings. The normalized spacial score (nSPS) is 24.6. The highest BCUT2D eigenvalue weighted by atomic mass is 19.3. The van der Waals surface area contributed by atoms with Crippen molar-refractivity contribution in [3.63, 3.8) is 0 Å². The van der Waals surface area contributed by atoms with Crippen LogP contribution >= 0.6 is 0 Å². The maximum Gasteiger partial charge on any atom is 0.410 e. The van der Waals surface area contributed by atoms with Crippen LogP contribution in [0.2, 0.25) is 0 Å². The van der Waals surface area contributed by atoms with Gasteiger partial charge in [0.25, 0.3) is 5.92 Å². The van der Waals surface area contributed by atoms with Crippen LogP contribution in [-0.4, -0.2) is 41.6 Å².